The zero-order chi connectivity index (χ0) is 14.3. The van der Waals surface area contributed by atoms with Gasteiger partial charge in [-0.2, -0.15) is 0 Å². The van der Waals surface area contributed by atoms with E-state index in [2.05, 4.69) is 17.5 Å². The highest BCUT2D eigenvalue weighted by Crippen LogP contribution is 2.44. The standard InChI is InChI=1S/C16H23NO3/c1-10-4-2-3-7-16(10,15(19)20)17-14(18)13-9-11-5-6-12(13)8-11/h5-6,10-13H,2-4,7-9H2,1H3,(H,17,18)(H,19,20). The van der Waals surface area contributed by atoms with Crippen molar-refractivity contribution in [3.8, 4) is 0 Å². The van der Waals surface area contributed by atoms with Gasteiger partial charge in [0.15, 0.2) is 0 Å². The Kier molecular flexibility index (Phi) is 3.35. The molecule has 4 nitrogen and oxygen atoms in total. The monoisotopic (exact) mass is 277 g/mol. The van der Waals surface area contributed by atoms with E-state index in [0.29, 0.717) is 18.3 Å². The van der Waals surface area contributed by atoms with E-state index in [1.165, 1.54) is 0 Å². The fourth-order valence-electron chi connectivity index (χ4n) is 4.30. The summed E-state index contributed by atoms with van der Waals surface area (Å²) in [7, 11) is 0. The molecule has 4 heteroatoms. The van der Waals surface area contributed by atoms with Crippen LogP contribution < -0.4 is 5.32 Å². The SMILES string of the molecule is CC1CCCCC1(NC(=O)C1CC2C=CC1C2)C(=O)O. The van der Waals surface area contributed by atoms with Crippen LogP contribution in [0.1, 0.15) is 45.4 Å². The number of allylic oxidation sites excluding steroid dienone is 2. The first-order chi connectivity index (χ1) is 9.53. The van der Waals surface area contributed by atoms with Crippen molar-refractivity contribution in [2.45, 2.75) is 51.0 Å². The van der Waals surface area contributed by atoms with E-state index in [4.69, 9.17) is 0 Å². The summed E-state index contributed by atoms with van der Waals surface area (Å²) in [6.07, 6.45) is 9.66. The maximum Gasteiger partial charge on any atom is 0.329 e. The molecule has 2 N–H and O–H groups in total. The minimum absolute atomic E-state index is 0.00633. The molecule has 5 unspecified atom stereocenters. The van der Waals surface area contributed by atoms with Crippen LogP contribution in [0, 0.1) is 23.7 Å². The van der Waals surface area contributed by atoms with Crippen molar-refractivity contribution in [1.82, 2.24) is 5.32 Å². The minimum Gasteiger partial charge on any atom is -0.479 e. The summed E-state index contributed by atoms with van der Waals surface area (Å²) in [5.41, 5.74) is -1.04. The fourth-order valence-corrected chi connectivity index (χ4v) is 4.30. The summed E-state index contributed by atoms with van der Waals surface area (Å²) in [5.74, 6) is -0.0676. The Bertz CT molecular complexity index is 459. The molecule has 110 valence electrons. The van der Waals surface area contributed by atoms with Crippen molar-refractivity contribution < 1.29 is 14.7 Å². The number of nitrogens with one attached hydrogen (secondary N) is 1. The highest BCUT2D eigenvalue weighted by Gasteiger charge is 2.49. The van der Waals surface area contributed by atoms with Gasteiger partial charge >= 0.3 is 5.97 Å². The first kappa shape index (κ1) is 13.7. The summed E-state index contributed by atoms with van der Waals surface area (Å²) in [5, 5.41) is 12.6. The van der Waals surface area contributed by atoms with Crippen LogP contribution in [0.4, 0.5) is 0 Å². The van der Waals surface area contributed by atoms with E-state index in [-0.39, 0.29) is 17.7 Å². The first-order valence-corrected chi connectivity index (χ1v) is 7.76. The molecular weight excluding hydrogens is 254 g/mol. The van der Waals surface area contributed by atoms with Gasteiger partial charge in [-0.3, -0.25) is 4.79 Å². The lowest BCUT2D eigenvalue weighted by Gasteiger charge is -2.40. The van der Waals surface area contributed by atoms with Gasteiger partial charge in [0.2, 0.25) is 5.91 Å². The molecule has 5 atom stereocenters. The van der Waals surface area contributed by atoms with Gasteiger partial charge in [0.1, 0.15) is 5.54 Å². The summed E-state index contributed by atoms with van der Waals surface area (Å²) in [6, 6.07) is 0. The van der Waals surface area contributed by atoms with Gasteiger partial charge in [-0.05, 0) is 43.4 Å². The van der Waals surface area contributed by atoms with Crippen LogP contribution in [0.5, 0.6) is 0 Å². The van der Waals surface area contributed by atoms with Gasteiger partial charge in [0.25, 0.3) is 0 Å². The molecular formula is C16H23NO3. The Balaban J connectivity index is 1.75. The predicted molar refractivity (Wildman–Crippen MR) is 75.0 cm³/mol. The predicted octanol–water partition coefficient (Wildman–Crippen LogP) is 2.35. The Labute approximate surface area is 119 Å². The molecule has 0 radical (unpaired) electrons. The van der Waals surface area contributed by atoms with E-state index < -0.39 is 11.5 Å². The largest absolute Gasteiger partial charge is 0.479 e. The number of amides is 1. The fraction of sp³-hybridized carbons (Fsp3) is 0.750. The number of rotatable bonds is 3. The van der Waals surface area contributed by atoms with Crippen LogP contribution >= 0.6 is 0 Å². The summed E-state index contributed by atoms with van der Waals surface area (Å²) in [4.78, 5) is 24.3. The number of hydrogen-bond acceptors (Lipinski definition) is 2. The number of carbonyl (C=O) groups is 2. The van der Waals surface area contributed by atoms with E-state index in [9.17, 15) is 14.7 Å². The third-order valence-corrected chi connectivity index (χ3v) is 5.64. The van der Waals surface area contributed by atoms with Crippen molar-refractivity contribution in [3.05, 3.63) is 12.2 Å². The van der Waals surface area contributed by atoms with Crippen molar-refractivity contribution in [2.24, 2.45) is 23.7 Å². The quantitative estimate of drug-likeness (QED) is 0.778. The molecule has 0 aromatic carbocycles. The van der Waals surface area contributed by atoms with Gasteiger partial charge in [-0.25, -0.2) is 4.79 Å². The van der Waals surface area contributed by atoms with E-state index in [1.807, 2.05) is 6.92 Å². The smallest absolute Gasteiger partial charge is 0.329 e. The maximum atomic E-state index is 12.6. The molecule has 2 bridgehead atoms. The zero-order valence-electron chi connectivity index (χ0n) is 12.0. The molecule has 3 aliphatic carbocycles. The van der Waals surface area contributed by atoms with Crippen LogP contribution in [-0.4, -0.2) is 22.5 Å². The molecule has 20 heavy (non-hydrogen) atoms. The van der Waals surface area contributed by atoms with Crippen LogP contribution in [-0.2, 0) is 9.59 Å². The summed E-state index contributed by atoms with van der Waals surface area (Å²) in [6.45, 7) is 1.95. The van der Waals surface area contributed by atoms with Crippen molar-refractivity contribution >= 4 is 11.9 Å². The molecule has 2 saturated carbocycles. The summed E-state index contributed by atoms with van der Waals surface area (Å²) >= 11 is 0. The second-order valence-corrected chi connectivity index (χ2v) is 6.80. The Morgan fingerprint density at radius 2 is 2.05 bits per heavy atom. The molecule has 0 aromatic rings. The second-order valence-electron chi connectivity index (χ2n) is 6.80. The zero-order valence-corrected chi connectivity index (χ0v) is 12.0. The molecule has 0 aromatic heterocycles. The van der Waals surface area contributed by atoms with E-state index in [0.717, 1.165) is 32.1 Å². The van der Waals surface area contributed by atoms with E-state index in [1.54, 1.807) is 0 Å². The van der Waals surface area contributed by atoms with E-state index >= 15 is 0 Å². The molecule has 3 aliphatic rings. The van der Waals surface area contributed by atoms with Crippen molar-refractivity contribution in [3.63, 3.8) is 0 Å². The Morgan fingerprint density at radius 1 is 1.25 bits per heavy atom. The average molecular weight is 277 g/mol. The lowest BCUT2D eigenvalue weighted by atomic mass is 9.73. The number of carbonyl (C=O) groups excluding carboxylic acids is 1. The average Bonchev–Trinajstić information content (AvgIpc) is 3.03. The Morgan fingerprint density at radius 3 is 2.60 bits per heavy atom. The number of fused-ring (bicyclic) bond motifs is 2. The number of hydrogen-bond donors (Lipinski definition) is 2. The lowest BCUT2D eigenvalue weighted by molar-refractivity contribution is -0.152. The lowest BCUT2D eigenvalue weighted by Crippen LogP contribution is -2.61. The third-order valence-electron chi connectivity index (χ3n) is 5.64. The second kappa shape index (κ2) is 4.90. The van der Waals surface area contributed by atoms with Crippen LogP contribution in [0.3, 0.4) is 0 Å². The van der Waals surface area contributed by atoms with Gasteiger partial charge in [-0.1, -0.05) is 31.9 Å². The third kappa shape index (κ3) is 2.05. The highest BCUT2D eigenvalue weighted by atomic mass is 16.4. The van der Waals surface area contributed by atoms with Crippen molar-refractivity contribution in [2.75, 3.05) is 0 Å². The topological polar surface area (TPSA) is 66.4 Å². The maximum absolute atomic E-state index is 12.6. The van der Waals surface area contributed by atoms with Crippen LogP contribution in [0.15, 0.2) is 12.2 Å². The van der Waals surface area contributed by atoms with Crippen LogP contribution in [0.25, 0.3) is 0 Å². The van der Waals surface area contributed by atoms with Gasteiger partial charge in [0, 0.05) is 5.92 Å². The molecule has 3 rings (SSSR count). The molecule has 0 spiro atoms. The summed E-state index contributed by atoms with van der Waals surface area (Å²) < 4.78 is 0. The highest BCUT2D eigenvalue weighted by molar-refractivity contribution is 5.89. The Hall–Kier alpha value is -1.32. The number of carboxylic acid groups (broad SMARTS) is 1. The number of carboxylic acids is 1. The van der Waals surface area contributed by atoms with Gasteiger partial charge in [-0.15, -0.1) is 0 Å². The minimum atomic E-state index is -1.04. The van der Waals surface area contributed by atoms with Gasteiger partial charge in [0.05, 0.1) is 0 Å². The van der Waals surface area contributed by atoms with Gasteiger partial charge < -0.3 is 10.4 Å². The molecule has 2 fully saturated rings. The van der Waals surface area contributed by atoms with Crippen molar-refractivity contribution in [1.29, 1.82) is 0 Å². The van der Waals surface area contributed by atoms with Crippen LogP contribution in [0.2, 0.25) is 0 Å². The molecule has 0 heterocycles. The molecule has 0 aliphatic heterocycles. The normalized spacial score (nSPS) is 42.6. The molecule has 1 amide bonds. The molecule has 0 saturated heterocycles. The first-order valence-electron chi connectivity index (χ1n) is 7.76. The number of aliphatic carboxylic acids is 1.